The Kier molecular flexibility index (Phi) is 5.16. The van der Waals surface area contributed by atoms with Crippen LogP contribution < -0.4 is 10.9 Å². The second-order valence-corrected chi connectivity index (χ2v) is 7.70. The van der Waals surface area contributed by atoms with Crippen LogP contribution in [-0.2, 0) is 4.79 Å². The average Bonchev–Trinajstić information content (AvgIpc) is 3.38. The van der Waals surface area contributed by atoms with Crippen LogP contribution in [-0.4, -0.2) is 39.7 Å². The maximum Gasteiger partial charge on any atom is 0.292 e. The molecule has 1 aliphatic heterocycles. The smallest absolute Gasteiger partial charge is 0.292 e. The molecule has 4 rings (SSSR count). The van der Waals surface area contributed by atoms with Gasteiger partial charge < -0.3 is 10.2 Å². The first-order valence-corrected chi connectivity index (χ1v) is 9.90. The molecule has 1 aromatic heterocycles. The van der Waals surface area contributed by atoms with Gasteiger partial charge >= 0.3 is 0 Å². The zero-order chi connectivity index (χ0) is 18.8. The number of likely N-dealkylation sites (tertiary alicyclic amines) is 1. The molecular formula is C20H23ClN4O2. The molecular weight excluding hydrogens is 364 g/mol. The van der Waals surface area contributed by atoms with Gasteiger partial charge in [0.2, 0.25) is 5.91 Å². The molecule has 1 amide bonds. The minimum Gasteiger partial charge on any atom is -0.378 e. The molecule has 0 radical (unpaired) electrons. The van der Waals surface area contributed by atoms with Crippen molar-refractivity contribution in [3.8, 4) is 5.69 Å². The van der Waals surface area contributed by atoms with E-state index < -0.39 is 0 Å². The van der Waals surface area contributed by atoms with Crippen molar-refractivity contribution in [1.29, 1.82) is 0 Å². The van der Waals surface area contributed by atoms with Crippen molar-refractivity contribution in [2.24, 2.45) is 5.92 Å². The van der Waals surface area contributed by atoms with Crippen LogP contribution in [0.3, 0.4) is 0 Å². The van der Waals surface area contributed by atoms with E-state index in [1.807, 2.05) is 23.1 Å². The molecule has 0 spiro atoms. The largest absolute Gasteiger partial charge is 0.378 e. The summed E-state index contributed by atoms with van der Waals surface area (Å²) in [6, 6.07) is 9.27. The molecule has 2 heterocycles. The summed E-state index contributed by atoms with van der Waals surface area (Å²) in [6.07, 6.45) is 6.77. The molecule has 1 saturated heterocycles. The van der Waals surface area contributed by atoms with Crippen LogP contribution in [0.25, 0.3) is 5.69 Å². The third kappa shape index (κ3) is 3.72. The molecule has 27 heavy (non-hydrogen) atoms. The highest BCUT2D eigenvalue weighted by Gasteiger charge is 2.32. The number of hydrogen-bond donors (Lipinski definition) is 1. The van der Waals surface area contributed by atoms with Crippen LogP contribution in [0, 0.1) is 5.92 Å². The number of nitrogens with zero attached hydrogens (tertiary/aromatic N) is 3. The summed E-state index contributed by atoms with van der Waals surface area (Å²) in [5.74, 6) is 0.476. The lowest BCUT2D eigenvalue weighted by molar-refractivity contribution is -0.134. The first kappa shape index (κ1) is 18.0. The van der Waals surface area contributed by atoms with E-state index in [1.165, 1.54) is 4.68 Å². The maximum absolute atomic E-state index is 12.6. The van der Waals surface area contributed by atoms with Crippen LogP contribution in [0.5, 0.6) is 0 Å². The normalized spacial score (nSPS) is 20.2. The van der Waals surface area contributed by atoms with Crippen molar-refractivity contribution in [2.75, 3.05) is 18.4 Å². The number of para-hydroxylation sites is 1. The second kappa shape index (κ2) is 7.72. The number of nitrogens with one attached hydrogen (secondary N) is 1. The van der Waals surface area contributed by atoms with E-state index >= 15 is 0 Å². The molecule has 1 aromatic carbocycles. The molecule has 6 nitrogen and oxygen atoms in total. The Morgan fingerprint density at radius 3 is 2.63 bits per heavy atom. The summed E-state index contributed by atoms with van der Waals surface area (Å²) < 4.78 is 1.29. The molecule has 0 bridgehead atoms. The van der Waals surface area contributed by atoms with Crippen LogP contribution in [0.15, 0.2) is 41.3 Å². The van der Waals surface area contributed by atoms with Gasteiger partial charge in [0, 0.05) is 25.0 Å². The number of amides is 1. The van der Waals surface area contributed by atoms with Gasteiger partial charge in [0.1, 0.15) is 5.02 Å². The quantitative estimate of drug-likeness (QED) is 0.876. The van der Waals surface area contributed by atoms with Gasteiger partial charge in [0.25, 0.3) is 5.56 Å². The monoisotopic (exact) mass is 386 g/mol. The number of rotatable bonds is 4. The van der Waals surface area contributed by atoms with Crippen LogP contribution >= 0.6 is 11.6 Å². The first-order chi connectivity index (χ1) is 13.1. The number of benzene rings is 1. The lowest BCUT2D eigenvalue weighted by Gasteiger charge is -2.21. The van der Waals surface area contributed by atoms with E-state index in [2.05, 4.69) is 10.4 Å². The number of halogens is 1. The van der Waals surface area contributed by atoms with E-state index in [0.717, 1.165) is 38.6 Å². The highest BCUT2D eigenvalue weighted by molar-refractivity contribution is 6.33. The topological polar surface area (TPSA) is 67.2 Å². The van der Waals surface area contributed by atoms with Crippen LogP contribution in [0.1, 0.15) is 32.1 Å². The predicted octanol–water partition coefficient (Wildman–Crippen LogP) is 3.09. The van der Waals surface area contributed by atoms with Gasteiger partial charge in [-0.1, -0.05) is 42.6 Å². The third-order valence-corrected chi connectivity index (χ3v) is 5.85. The van der Waals surface area contributed by atoms with Crippen LogP contribution in [0.4, 0.5) is 5.69 Å². The fraction of sp³-hybridized carbons (Fsp3) is 0.450. The average molecular weight is 387 g/mol. The van der Waals surface area contributed by atoms with Gasteiger partial charge in [0.05, 0.1) is 17.6 Å². The summed E-state index contributed by atoms with van der Waals surface area (Å²) in [4.78, 5) is 27.1. The Labute approximate surface area is 163 Å². The highest BCUT2D eigenvalue weighted by Crippen LogP contribution is 2.28. The number of hydrogen-bond acceptors (Lipinski definition) is 4. The number of aromatic nitrogens is 2. The molecule has 2 aliphatic rings. The third-order valence-electron chi connectivity index (χ3n) is 5.48. The summed E-state index contributed by atoms with van der Waals surface area (Å²) in [6.45, 7) is 1.40. The fourth-order valence-corrected chi connectivity index (χ4v) is 4.20. The number of carbonyl (C=O) groups excluding carboxylic acids is 1. The molecule has 2 aromatic rings. The zero-order valence-corrected chi connectivity index (χ0v) is 15.9. The SMILES string of the molecule is O=C(C1CCCC1)N1CCC(Nc2cnn(-c3ccccc3)c(=O)c2Cl)C1. The van der Waals surface area contributed by atoms with E-state index in [-0.39, 0.29) is 28.4 Å². The van der Waals surface area contributed by atoms with E-state index in [9.17, 15) is 9.59 Å². The summed E-state index contributed by atoms with van der Waals surface area (Å²) in [7, 11) is 0. The first-order valence-electron chi connectivity index (χ1n) is 9.52. The van der Waals surface area contributed by atoms with Crippen molar-refractivity contribution in [3.63, 3.8) is 0 Å². The molecule has 142 valence electrons. The number of anilines is 1. The Bertz CT molecular complexity index is 877. The summed E-state index contributed by atoms with van der Waals surface area (Å²) in [5.41, 5.74) is 0.837. The molecule has 1 N–H and O–H groups in total. The molecule has 1 saturated carbocycles. The molecule has 2 fully saturated rings. The van der Waals surface area contributed by atoms with E-state index in [4.69, 9.17) is 11.6 Å². The van der Waals surface area contributed by atoms with Crippen molar-refractivity contribution in [2.45, 2.75) is 38.1 Å². The Hall–Kier alpha value is -2.34. The molecule has 1 aliphatic carbocycles. The lowest BCUT2D eigenvalue weighted by atomic mass is 10.1. The van der Waals surface area contributed by atoms with Crippen molar-refractivity contribution < 1.29 is 4.79 Å². The van der Waals surface area contributed by atoms with Gasteiger partial charge in [-0.15, -0.1) is 0 Å². The number of carbonyl (C=O) groups is 1. The molecule has 1 atom stereocenters. The van der Waals surface area contributed by atoms with Gasteiger partial charge in [-0.3, -0.25) is 9.59 Å². The molecule has 1 unspecified atom stereocenters. The maximum atomic E-state index is 12.6. The lowest BCUT2D eigenvalue weighted by Crippen LogP contribution is -2.35. The van der Waals surface area contributed by atoms with E-state index in [0.29, 0.717) is 17.9 Å². The minimum atomic E-state index is -0.357. The summed E-state index contributed by atoms with van der Waals surface area (Å²) in [5, 5.41) is 7.67. The predicted molar refractivity (Wildman–Crippen MR) is 105 cm³/mol. The van der Waals surface area contributed by atoms with Crippen molar-refractivity contribution >= 4 is 23.2 Å². The van der Waals surface area contributed by atoms with Gasteiger partial charge in [-0.2, -0.15) is 9.78 Å². The fourth-order valence-electron chi connectivity index (χ4n) is 4.02. The van der Waals surface area contributed by atoms with Gasteiger partial charge in [-0.25, -0.2) is 0 Å². The molecule has 7 heteroatoms. The minimum absolute atomic E-state index is 0.0848. The second-order valence-electron chi connectivity index (χ2n) is 7.32. The highest BCUT2D eigenvalue weighted by atomic mass is 35.5. The standard InChI is InChI=1S/C20H23ClN4O2/c21-18-17(12-22-25(20(18)27)16-8-2-1-3-9-16)23-15-10-11-24(13-15)19(26)14-6-4-5-7-14/h1-3,8-9,12,14-15,23H,4-7,10-11,13H2. The Morgan fingerprint density at radius 1 is 1.15 bits per heavy atom. The summed E-state index contributed by atoms with van der Waals surface area (Å²) >= 11 is 6.31. The van der Waals surface area contributed by atoms with E-state index in [1.54, 1.807) is 18.3 Å². The van der Waals surface area contributed by atoms with Crippen molar-refractivity contribution in [3.05, 3.63) is 51.9 Å². The van der Waals surface area contributed by atoms with Gasteiger partial charge in [-0.05, 0) is 31.4 Å². The van der Waals surface area contributed by atoms with Crippen LogP contribution in [0.2, 0.25) is 5.02 Å². The van der Waals surface area contributed by atoms with Crippen molar-refractivity contribution in [1.82, 2.24) is 14.7 Å². The zero-order valence-electron chi connectivity index (χ0n) is 15.1. The Morgan fingerprint density at radius 2 is 1.89 bits per heavy atom. The Balaban J connectivity index is 1.45. The van der Waals surface area contributed by atoms with Gasteiger partial charge in [0.15, 0.2) is 0 Å².